The molecule has 0 N–H and O–H groups in total. The zero-order chi connectivity index (χ0) is 26.9. The molecule has 5 nitrogen and oxygen atoms in total. The minimum Gasteiger partial charge on any atom is -0.345 e. The van der Waals surface area contributed by atoms with Crippen LogP contribution in [-0.4, -0.2) is 45.3 Å². The number of aryl methyl sites for hydroxylation is 1. The number of amides is 2. The second-order valence-electron chi connectivity index (χ2n) is 10.1. The summed E-state index contributed by atoms with van der Waals surface area (Å²) in [6.07, 6.45) is 3.72. The van der Waals surface area contributed by atoms with Gasteiger partial charge in [0.1, 0.15) is 6.54 Å². The summed E-state index contributed by atoms with van der Waals surface area (Å²) in [5, 5.41) is 0.729. The number of carbonyl (C=O) groups excluding carboxylic acids is 2. The lowest BCUT2D eigenvalue weighted by molar-refractivity contribution is -0.133. The number of rotatable bonds is 12. The second-order valence-corrected chi connectivity index (χ2v) is 10.5. The highest BCUT2D eigenvalue weighted by molar-refractivity contribution is 6.31. The van der Waals surface area contributed by atoms with E-state index >= 15 is 0 Å². The minimum atomic E-state index is -0.100. The van der Waals surface area contributed by atoms with Crippen molar-refractivity contribution in [2.24, 2.45) is 5.92 Å². The van der Waals surface area contributed by atoms with Crippen molar-refractivity contribution in [1.82, 2.24) is 14.4 Å². The van der Waals surface area contributed by atoms with Crippen LogP contribution in [0.25, 0.3) is 0 Å². The first-order chi connectivity index (χ1) is 17.7. The largest absolute Gasteiger partial charge is 0.345 e. The summed E-state index contributed by atoms with van der Waals surface area (Å²) in [7, 11) is 0. The van der Waals surface area contributed by atoms with Gasteiger partial charge in [-0.2, -0.15) is 0 Å². The average Bonchev–Trinajstić information content (AvgIpc) is 3.33. The van der Waals surface area contributed by atoms with E-state index in [9.17, 15) is 9.59 Å². The fourth-order valence-corrected chi connectivity index (χ4v) is 4.59. The van der Waals surface area contributed by atoms with Gasteiger partial charge >= 0.3 is 0 Å². The van der Waals surface area contributed by atoms with E-state index in [0.717, 1.165) is 29.1 Å². The van der Waals surface area contributed by atoms with E-state index < -0.39 is 0 Å². The van der Waals surface area contributed by atoms with Gasteiger partial charge < -0.3 is 14.4 Å². The SMILES string of the molecule is CCc1ccc(C(=O)N(CC(=O)N(Cc2cccn2Cc2ccccc2Cl)CC(C)C)C(C)CC)cc1. The Bertz CT molecular complexity index is 1170. The van der Waals surface area contributed by atoms with Gasteiger partial charge in [-0.05, 0) is 67.1 Å². The second kappa shape index (κ2) is 13.5. The molecule has 0 saturated heterocycles. The summed E-state index contributed by atoms with van der Waals surface area (Å²) in [5.74, 6) is 0.153. The zero-order valence-electron chi connectivity index (χ0n) is 22.8. The van der Waals surface area contributed by atoms with Crippen molar-refractivity contribution in [2.75, 3.05) is 13.1 Å². The maximum Gasteiger partial charge on any atom is 0.254 e. The fourth-order valence-electron chi connectivity index (χ4n) is 4.39. The van der Waals surface area contributed by atoms with E-state index in [1.54, 1.807) is 4.90 Å². The Hall–Kier alpha value is -3.05. The van der Waals surface area contributed by atoms with Crippen LogP contribution in [0.2, 0.25) is 5.02 Å². The molecule has 37 heavy (non-hydrogen) atoms. The smallest absolute Gasteiger partial charge is 0.254 e. The van der Waals surface area contributed by atoms with E-state index in [2.05, 4.69) is 25.3 Å². The molecule has 0 fully saturated rings. The van der Waals surface area contributed by atoms with E-state index in [1.165, 1.54) is 5.56 Å². The summed E-state index contributed by atoms with van der Waals surface area (Å²) >= 11 is 6.40. The average molecular weight is 522 g/mol. The Morgan fingerprint density at radius 3 is 2.27 bits per heavy atom. The van der Waals surface area contributed by atoms with Gasteiger partial charge in [-0.3, -0.25) is 9.59 Å². The molecule has 0 aliphatic rings. The van der Waals surface area contributed by atoms with Gasteiger partial charge in [-0.1, -0.05) is 69.6 Å². The summed E-state index contributed by atoms with van der Waals surface area (Å²) in [5.41, 5.74) is 3.87. The first-order valence-electron chi connectivity index (χ1n) is 13.3. The summed E-state index contributed by atoms with van der Waals surface area (Å²) in [4.78, 5) is 30.8. The summed E-state index contributed by atoms with van der Waals surface area (Å²) in [6.45, 7) is 12.1. The molecule has 0 spiro atoms. The predicted molar refractivity (Wildman–Crippen MR) is 152 cm³/mol. The van der Waals surface area contributed by atoms with Crippen LogP contribution in [0.4, 0.5) is 0 Å². The highest BCUT2D eigenvalue weighted by Crippen LogP contribution is 2.19. The van der Waals surface area contributed by atoms with Crippen molar-refractivity contribution in [3.8, 4) is 0 Å². The van der Waals surface area contributed by atoms with Gasteiger partial charge in [0.25, 0.3) is 5.91 Å². The fraction of sp³-hybridized carbons (Fsp3) is 0.419. The lowest BCUT2D eigenvalue weighted by Crippen LogP contribution is -2.47. The molecular weight excluding hydrogens is 482 g/mol. The molecular formula is C31H40ClN3O2. The van der Waals surface area contributed by atoms with Crippen LogP contribution in [0.3, 0.4) is 0 Å². The Morgan fingerprint density at radius 1 is 0.946 bits per heavy atom. The van der Waals surface area contributed by atoms with Gasteiger partial charge in [0.15, 0.2) is 0 Å². The molecule has 1 atom stereocenters. The third-order valence-corrected chi connectivity index (χ3v) is 7.18. The van der Waals surface area contributed by atoms with Crippen LogP contribution < -0.4 is 0 Å². The number of nitrogens with zero attached hydrogens (tertiary/aromatic N) is 3. The molecule has 0 radical (unpaired) electrons. The molecule has 0 bridgehead atoms. The number of benzene rings is 2. The van der Waals surface area contributed by atoms with Crippen LogP contribution >= 0.6 is 11.6 Å². The molecule has 0 saturated carbocycles. The first kappa shape index (κ1) is 28.5. The molecule has 0 aliphatic carbocycles. The van der Waals surface area contributed by atoms with Crippen LogP contribution in [-0.2, 0) is 24.3 Å². The molecule has 6 heteroatoms. The number of hydrogen-bond acceptors (Lipinski definition) is 2. The van der Waals surface area contributed by atoms with Crippen molar-refractivity contribution < 1.29 is 9.59 Å². The predicted octanol–water partition coefficient (Wildman–Crippen LogP) is 6.68. The molecule has 2 amide bonds. The molecule has 198 valence electrons. The molecule has 1 unspecified atom stereocenters. The molecule has 3 rings (SSSR count). The Balaban J connectivity index is 1.80. The van der Waals surface area contributed by atoms with Crippen molar-refractivity contribution >= 4 is 23.4 Å². The van der Waals surface area contributed by atoms with Gasteiger partial charge in [0, 0.05) is 41.6 Å². The first-order valence-corrected chi connectivity index (χ1v) is 13.7. The molecule has 0 aliphatic heterocycles. The van der Waals surface area contributed by atoms with Crippen molar-refractivity contribution in [2.45, 2.75) is 66.6 Å². The maximum atomic E-state index is 13.7. The normalized spacial score (nSPS) is 12.0. The van der Waals surface area contributed by atoms with Gasteiger partial charge in [-0.15, -0.1) is 0 Å². The van der Waals surface area contributed by atoms with Crippen LogP contribution in [0, 0.1) is 5.92 Å². The van der Waals surface area contributed by atoms with Crippen molar-refractivity contribution in [3.05, 3.63) is 94.3 Å². The standard InChI is InChI=1S/C31H40ClN3O2/c1-6-24(5)35(31(37)26-16-14-25(7-2)15-17-26)22-30(36)34(19-23(3)4)21-28-12-10-18-33(28)20-27-11-8-9-13-29(27)32/h8-18,23-24H,6-7,19-22H2,1-5H3. The lowest BCUT2D eigenvalue weighted by Gasteiger charge is -2.32. The molecule has 1 heterocycles. The minimum absolute atomic E-state index is 0.0435. The van der Waals surface area contributed by atoms with Crippen LogP contribution in [0.1, 0.15) is 68.2 Å². The topological polar surface area (TPSA) is 45.6 Å². The summed E-state index contributed by atoms with van der Waals surface area (Å²) in [6, 6.07) is 19.5. The molecule has 1 aromatic heterocycles. The maximum absolute atomic E-state index is 13.7. The third-order valence-electron chi connectivity index (χ3n) is 6.81. The monoisotopic (exact) mass is 521 g/mol. The molecule has 2 aromatic carbocycles. The van der Waals surface area contributed by atoms with Crippen molar-refractivity contribution in [3.63, 3.8) is 0 Å². The highest BCUT2D eigenvalue weighted by atomic mass is 35.5. The Kier molecular flexibility index (Phi) is 10.4. The number of hydrogen-bond donors (Lipinski definition) is 0. The van der Waals surface area contributed by atoms with E-state index in [0.29, 0.717) is 31.1 Å². The van der Waals surface area contributed by atoms with Gasteiger partial charge in [0.2, 0.25) is 5.91 Å². The van der Waals surface area contributed by atoms with E-state index in [1.807, 2.05) is 85.6 Å². The number of halogens is 1. The van der Waals surface area contributed by atoms with Crippen molar-refractivity contribution in [1.29, 1.82) is 0 Å². The zero-order valence-corrected chi connectivity index (χ0v) is 23.5. The number of carbonyl (C=O) groups is 2. The van der Waals surface area contributed by atoms with Crippen LogP contribution in [0.5, 0.6) is 0 Å². The quantitative estimate of drug-likeness (QED) is 0.267. The van der Waals surface area contributed by atoms with Gasteiger partial charge in [-0.25, -0.2) is 0 Å². The Morgan fingerprint density at radius 2 is 1.65 bits per heavy atom. The van der Waals surface area contributed by atoms with Crippen LogP contribution in [0.15, 0.2) is 66.9 Å². The lowest BCUT2D eigenvalue weighted by atomic mass is 10.1. The van der Waals surface area contributed by atoms with E-state index in [4.69, 9.17) is 11.6 Å². The number of aromatic nitrogens is 1. The molecule has 3 aromatic rings. The highest BCUT2D eigenvalue weighted by Gasteiger charge is 2.26. The van der Waals surface area contributed by atoms with E-state index in [-0.39, 0.29) is 24.4 Å². The Labute approximate surface area is 227 Å². The van der Waals surface area contributed by atoms with Gasteiger partial charge in [0.05, 0.1) is 6.54 Å². The third kappa shape index (κ3) is 7.72. The summed E-state index contributed by atoms with van der Waals surface area (Å²) < 4.78 is 2.13.